The number of carbonyl (C=O) groups excluding carboxylic acids is 1. The number of benzene rings is 3. The summed E-state index contributed by atoms with van der Waals surface area (Å²) in [4.78, 5) is 26.1. The molecule has 1 atom stereocenters. The number of hydrogen-bond donors (Lipinski definition) is 2. The van der Waals surface area contributed by atoms with Crippen molar-refractivity contribution in [1.82, 2.24) is 4.90 Å². The Morgan fingerprint density at radius 3 is 2.30 bits per heavy atom. The predicted molar refractivity (Wildman–Crippen MR) is 148 cm³/mol. The summed E-state index contributed by atoms with van der Waals surface area (Å²) in [7, 11) is 0. The van der Waals surface area contributed by atoms with Crippen LogP contribution in [0.15, 0.2) is 83.3 Å². The zero-order valence-electron chi connectivity index (χ0n) is 20.9. The van der Waals surface area contributed by atoms with Crippen molar-refractivity contribution in [3.8, 4) is 5.75 Å². The van der Waals surface area contributed by atoms with Crippen molar-refractivity contribution in [2.45, 2.75) is 32.3 Å². The quantitative estimate of drug-likeness (QED) is 0.248. The van der Waals surface area contributed by atoms with Gasteiger partial charge in [-0.2, -0.15) is 0 Å². The van der Waals surface area contributed by atoms with Crippen molar-refractivity contribution < 1.29 is 24.2 Å². The lowest BCUT2D eigenvalue weighted by Gasteiger charge is -2.23. The molecule has 0 bridgehead atoms. The maximum Gasteiger partial charge on any atom is 0.333 e. The highest BCUT2D eigenvalue weighted by atomic mass is 79.9. The van der Waals surface area contributed by atoms with Crippen LogP contribution in [0.1, 0.15) is 24.5 Å². The number of anilines is 1. The molecule has 0 aliphatic heterocycles. The van der Waals surface area contributed by atoms with Gasteiger partial charge in [0, 0.05) is 29.7 Å². The molecule has 0 spiro atoms. The van der Waals surface area contributed by atoms with E-state index in [1.165, 1.54) is 5.56 Å². The van der Waals surface area contributed by atoms with Crippen molar-refractivity contribution in [2.75, 3.05) is 31.6 Å². The van der Waals surface area contributed by atoms with E-state index in [1.54, 1.807) is 11.8 Å². The summed E-state index contributed by atoms with van der Waals surface area (Å²) in [5.41, 5.74) is 2.82. The van der Waals surface area contributed by atoms with Crippen LogP contribution in [0.25, 0.3) is 0 Å². The van der Waals surface area contributed by atoms with E-state index in [9.17, 15) is 14.7 Å². The Kier molecular flexibility index (Phi) is 11.5. The van der Waals surface area contributed by atoms with Gasteiger partial charge in [0.05, 0.1) is 6.54 Å². The van der Waals surface area contributed by atoms with E-state index in [1.807, 2.05) is 66.7 Å². The first kappa shape index (κ1) is 28.2. The number of amides is 2. The van der Waals surface area contributed by atoms with E-state index < -0.39 is 12.1 Å². The maximum absolute atomic E-state index is 13.0. The van der Waals surface area contributed by atoms with Gasteiger partial charge in [-0.05, 0) is 67.3 Å². The first-order valence-corrected chi connectivity index (χ1v) is 13.2. The first-order valence-electron chi connectivity index (χ1n) is 12.4. The molecule has 0 fully saturated rings. The van der Waals surface area contributed by atoms with Crippen LogP contribution in [-0.4, -0.2) is 54.4 Å². The molecule has 0 aliphatic carbocycles. The Labute approximate surface area is 226 Å². The van der Waals surface area contributed by atoms with Crippen molar-refractivity contribution in [3.05, 3.63) is 94.5 Å². The normalized spacial score (nSPS) is 11.5. The third kappa shape index (κ3) is 9.90. The summed E-state index contributed by atoms with van der Waals surface area (Å²) in [5.74, 6) is -0.319. The number of ether oxygens (including phenoxy) is 2. The number of halogens is 1. The highest BCUT2D eigenvalue weighted by Crippen LogP contribution is 2.16. The van der Waals surface area contributed by atoms with Crippen molar-refractivity contribution in [3.63, 3.8) is 0 Å². The van der Waals surface area contributed by atoms with Gasteiger partial charge in [0.1, 0.15) is 12.4 Å². The maximum atomic E-state index is 13.0. The molecule has 0 radical (unpaired) electrons. The van der Waals surface area contributed by atoms with Gasteiger partial charge in [0.2, 0.25) is 0 Å². The summed E-state index contributed by atoms with van der Waals surface area (Å²) < 4.78 is 12.1. The van der Waals surface area contributed by atoms with E-state index in [0.717, 1.165) is 28.6 Å². The molecule has 0 aromatic heterocycles. The Morgan fingerprint density at radius 1 is 0.946 bits per heavy atom. The summed E-state index contributed by atoms with van der Waals surface area (Å²) >= 11 is 3.41. The molecule has 2 N–H and O–H groups in total. The summed E-state index contributed by atoms with van der Waals surface area (Å²) in [6.07, 6.45) is 1.13. The Morgan fingerprint density at radius 2 is 1.65 bits per heavy atom. The molecule has 196 valence electrons. The Hall–Kier alpha value is -3.36. The molecule has 0 heterocycles. The van der Waals surface area contributed by atoms with Gasteiger partial charge < -0.3 is 24.8 Å². The van der Waals surface area contributed by atoms with Crippen LogP contribution in [0.4, 0.5) is 10.5 Å². The van der Waals surface area contributed by atoms with Gasteiger partial charge in [0.15, 0.2) is 6.10 Å². The van der Waals surface area contributed by atoms with Crippen LogP contribution in [0, 0.1) is 0 Å². The van der Waals surface area contributed by atoms with Crippen molar-refractivity contribution in [2.24, 2.45) is 0 Å². The van der Waals surface area contributed by atoms with E-state index in [4.69, 9.17) is 9.47 Å². The topological polar surface area (TPSA) is 88.1 Å². The fraction of sp³-hybridized carbons (Fsp3) is 0.310. The lowest BCUT2D eigenvalue weighted by molar-refractivity contribution is -0.149. The number of hydrogen-bond acceptors (Lipinski definition) is 4. The number of aryl methyl sites for hydroxylation is 1. The molecular weight excluding hydrogens is 536 g/mol. The molecule has 2 amide bonds. The molecule has 0 aliphatic rings. The number of carboxylic acids is 1. The van der Waals surface area contributed by atoms with Gasteiger partial charge in [-0.1, -0.05) is 58.4 Å². The minimum atomic E-state index is -0.976. The highest BCUT2D eigenvalue weighted by molar-refractivity contribution is 9.10. The van der Waals surface area contributed by atoms with Crippen LogP contribution < -0.4 is 10.1 Å². The van der Waals surface area contributed by atoms with Crippen LogP contribution >= 0.6 is 15.9 Å². The summed E-state index contributed by atoms with van der Waals surface area (Å²) in [6.45, 7) is 3.46. The number of carbonyl (C=O) groups is 2. The van der Waals surface area contributed by atoms with Crippen molar-refractivity contribution in [1.29, 1.82) is 0 Å². The second kappa shape index (κ2) is 15.0. The zero-order chi connectivity index (χ0) is 26.5. The number of aliphatic carboxylic acids is 1. The number of rotatable bonds is 14. The van der Waals surface area contributed by atoms with Crippen LogP contribution in [-0.2, 0) is 22.4 Å². The largest absolute Gasteiger partial charge is 0.492 e. The second-order valence-corrected chi connectivity index (χ2v) is 9.41. The average molecular weight is 569 g/mol. The predicted octanol–water partition coefficient (Wildman–Crippen LogP) is 6.03. The molecule has 8 heteroatoms. The van der Waals surface area contributed by atoms with Crippen LogP contribution in [0.2, 0.25) is 0 Å². The number of urea groups is 1. The molecule has 3 aromatic carbocycles. The fourth-order valence-electron chi connectivity index (χ4n) is 3.80. The Balaban J connectivity index is 1.55. The monoisotopic (exact) mass is 568 g/mol. The van der Waals surface area contributed by atoms with Gasteiger partial charge in [0.25, 0.3) is 0 Å². The van der Waals surface area contributed by atoms with Crippen molar-refractivity contribution >= 4 is 33.6 Å². The van der Waals surface area contributed by atoms with Crippen LogP contribution in [0.5, 0.6) is 5.75 Å². The highest BCUT2D eigenvalue weighted by Gasteiger charge is 2.18. The van der Waals surface area contributed by atoms with Gasteiger partial charge in [-0.25, -0.2) is 9.59 Å². The molecule has 3 aromatic rings. The number of nitrogens with zero attached hydrogens (tertiary/aromatic N) is 1. The van der Waals surface area contributed by atoms with E-state index >= 15 is 0 Å². The Bertz CT molecular complexity index is 1110. The minimum Gasteiger partial charge on any atom is -0.492 e. The van der Waals surface area contributed by atoms with Crippen LogP contribution in [0.3, 0.4) is 0 Å². The second-order valence-electron chi connectivity index (χ2n) is 8.49. The number of nitrogens with one attached hydrogen (secondary N) is 1. The molecule has 3 rings (SSSR count). The third-order valence-corrected chi connectivity index (χ3v) is 6.27. The summed E-state index contributed by atoms with van der Waals surface area (Å²) in [6, 6.07) is 24.8. The van der Waals surface area contributed by atoms with Gasteiger partial charge in [-0.15, -0.1) is 0 Å². The lowest BCUT2D eigenvalue weighted by atomic mass is 10.1. The third-order valence-electron chi connectivity index (χ3n) is 5.74. The molecule has 0 saturated carbocycles. The van der Waals surface area contributed by atoms with Gasteiger partial charge >= 0.3 is 12.0 Å². The minimum absolute atomic E-state index is 0.176. The van der Waals surface area contributed by atoms with Gasteiger partial charge in [-0.3, -0.25) is 0 Å². The fourth-order valence-corrected chi connectivity index (χ4v) is 4.06. The summed E-state index contributed by atoms with van der Waals surface area (Å²) in [5, 5.41) is 12.2. The smallest absolute Gasteiger partial charge is 0.333 e. The van der Waals surface area contributed by atoms with E-state index in [-0.39, 0.29) is 12.5 Å². The molecule has 1 unspecified atom stereocenters. The first-order chi connectivity index (χ1) is 17.9. The lowest BCUT2D eigenvalue weighted by Crippen LogP contribution is -2.38. The average Bonchev–Trinajstić information content (AvgIpc) is 2.90. The number of carboxylic acid groups (broad SMARTS) is 1. The molecule has 0 saturated heterocycles. The molecular formula is C29H33BrN2O5. The molecule has 7 nitrogen and oxygen atoms in total. The zero-order valence-corrected chi connectivity index (χ0v) is 22.5. The molecule has 37 heavy (non-hydrogen) atoms. The SMILES string of the molecule is CCOC(Cc1ccc(OCCN(CCCc2ccccc2)C(=O)Nc2ccc(Br)cc2)cc1)C(=O)O. The van der Waals surface area contributed by atoms with E-state index in [0.29, 0.717) is 32.1 Å². The standard InChI is InChI=1S/C29H33BrN2O5/c1-2-36-27(28(33)34)21-23-10-16-26(17-11-23)37-20-19-32(18-6-9-22-7-4-3-5-8-22)29(35)31-25-14-12-24(30)13-15-25/h3-5,7-8,10-17,27H,2,6,9,18-21H2,1H3,(H,31,35)(H,33,34). The van der Waals surface area contributed by atoms with E-state index in [2.05, 4.69) is 33.4 Å².